The molecular weight excluding hydrogens is 423 g/mol. The second kappa shape index (κ2) is 8.22. The fourth-order valence-corrected chi connectivity index (χ4v) is 3.45. The molecule has 1 heterocycles. The van der Waals surface area contributed by atoms with Crippen molar-refractivity contribution in [2.45, 2.75) is 0 Å². The third-order valence-corrected chi connectivity index (χ3v) is 5.13. The summed E-state index contributed by atoms with van der Waals surface area (Å²) < 4.78 is 5.35. The Bertz CT molecular complexity index is 1080. The molecule has 0 aliphatic carbocycles. The number of hydrogen-bond donors (Lipinski definition) is 0. The van der Waals surface area contributed by atoms with Gasteiger partial charge in [-0.25, -0.2) is 10.0 Å². The molecule has 0 N–H and O–H groups in total. The third kappa shape index (κ3) is 3.65. The van der Waals surface area contributed by atoms with Crippen molar-refractivity contribution in [1.82, 2.24) is 0 Å². The van der Waals surface area contributed by atoms with Gasteiger partial charge < -0.3 is 4.74 Å². The lowest BCUT2D eigenvalue weighted by Gasteiger charge is -2.27. The van der Waals surface area contributed by atoms with Gasteiger partial charge in [-0.3, -0.25) is 9.59 Å². The smallest absolute Gasteiger partial charge is 0.283 e. The van der Waals surface area contributed by atoms with Gasteiger partial charge in [0.25, 0.3) is 11.8 Å². The van der Waals surface area contributed by atoms with E-state index < -0.39 is 11.8 Å². The first-order chi connectivity index (χ1) is 14.5. The highest BCUT2D eigenvalue weighted by atomic mass is 35.5. The molecule has 0 unspecified atom stereocenters. The van der Waals surface area contributed by atoms with Crippen LogP contribution >= 0.6 is 23.2 Å². The van der Waals surface area contributed by atoms with Gasteiger partial charge in [0.2, 0.25) is 0 Å². The maximum absolute atomic E-state index is 13.4. The molecule has 0 bridgehead atoms. The van der Waals surface area contributed by atoms with Crippen LogP contribution in [0.4, 0.5) is 11.4 Å². The number of nitrogens with zero attached hydrogens (tertiary/aromatic N) is 2. The topological polar surface area (TPSA) is 49.9 Å². The quantitative estimate of drug-likeness (QED) is 0.405. The molecule has 1 fully saturated rings. The number of carbonyl (C=O) groups excluding carboxylic acids is 2. The van der Waals surface area contributed by atoms with Crippen molar-refractivity contribution in [2.75, 3.05) is 17.1 Å². The van der Waals surface area contributed by atoms with E-state index in [1.807, 2.05) is 12.1 Å². The summed E-state index contributed by atoms with van der Waals surface area (Å²) in [5.74, 6) is -0.347. The van der Waals surface area contributed by atoms with Crippen LogP contribution in [0.25, 0.3) is 6.08 Å². The van der Waals surface area contributed by atoms with Gasteiger partial charge in [0.1, 0.15) is 11.3 Å². The van der Waals surface area contributed by atoms with E-state index in [0.29, 0.717) is 32.7 Å². The van der Waals surface area contributed by atoms with Crippen molar-refractivity contribution < 1.29 is 14.3 Å². The van der Waals surface area contributed by atoms with Crippen LogP contribution in [0.2, 0.25) is 10.0 Å². The number of ether oxygens (including phenoxy) is 1. The minimum absolute atomic E-state index is 0.0180. The van der Waals surface area contributed by atoms with E-state index in [1.54, 1.807) is 66.7 Å². The number of para-hydroxylation sites is 1. The molecule has 5 nitrogen and oxygen atoms in total. The number of methoxy groups -OCH3 is 1. The molecule has 150 valence electrons. The fraction of sp³-hybridized carbons (Fsp3) is 0.0435. The molecule has 3 aromatic rings. The van der Waals surface area contributed by atoms with Crippen LogP contribution in [-0.2, 0) is 9.59 Å². The molecule has 0 radical (unpaired) electrons. The number of halogens is 2. The molecule has 0 saturated carbocycles. The van der Waals surface area contributed by atoms with Crippen LogP contribution in [0.15, 0.2) is 78.4 Å². The number of carbonyl (C=O) groups is 2. The average Bonchev–Trinajstić information content (AvgIpc) is 3.00. The van der Waals surface area contributed by atoms with E-state index >= 15 is 0 Å². The molecule has 7 heteroatoms. The molecule has 0 aromatic heterocycles. The standard InChI is InChI=1S/C23H16Cl2N2O3/c1-30-21-5-3-2-4-15(21)14-20-22(28)26(18-10-6-16(24)7-11-18)27(23(20)29)19-12-8-17(25)9-13-19/h2-14H,1H3. The van der Waals surface area contributed by atoms with E-state index in [4.69, 9.17) is 27.9 Å². The van der Waals surface area contributed by atoms with Gasteiger partial charge in [-0.2, -0.15) is 0 Å². The van der Waals surface area contributed by atoms with Crippen LogP contribution in [0.5, 0.6) is 5.75 Å². The minimum atomic E-state index is -0.455. The van der Waals surface area contributed by atoms with E-state index in [-0.39, 0.29) is 5.57 Å². The summed E-state index contributed by atoms with van der Waals surface area (Å²) in [5.41, 5.74) is 1.67. The molecule has 0 spiro atoms. The highest BCUT2D eigenvalue weighted by Crippen LogP contribution is 2.34. The van der Waals surface area contributed by atoms with E-state index in [1.165, 1.54) is 17.1 Å². The minimum Gasteiger partial charge on any atom is -0.496 e. The zero-order valence-corrected chi connectivity index (χ0v) is 17.4. The van der Waals surface area contributed by atoms with Gasteiger partial charge in [-0.05, 0) is 60.7 Å². The predicted molar refractivity (Wildman–Crippen MR) is 119 cm³/mol. The van der Waals surface area contributed by atoms with Crippen molar-refractivity contribution in [3.05, 3.63) is 94.0 Å². The Morgan fingerprint density at radius 3 is 1.67 bits per heavy atom. The Labute approximate surface area is 183 Å². The summed E-state index contributed by atoms with van der Waals surface area (Å²) >= 11 is 12.0. The van der Waals surface area contributed by atoms with E-state index in [0.717, 1.165) is 0 Å². The van der Waals surface area contributed by atoms with Gasteiger partial charge >= 0.3 is 0 Å². The zero-order valence-electron chi connectivity index (χ0n) is 15.9. The van der Waals surface area contributed by atoms with E-state index in [2.05, 4.69) is 0 Å². The van der Waals surface area contributed by atoms with Crippen molar-refractivity contribution >= 4 is 52.5 Å². The summed E-state index contributed by atoms with van der Waals surface area (Å²) in [6.07, 6.45) is 1.54. The lowest BCUT2D eigenvalue weighted by atomic mass is 10.1. The molecular formula is C23H16Cl2N2O3. The lowest BCUT2D eigenvalue weighted by Crippen LogP contribution is -2.41. The monoisotopic (exact) mass is 438 g/mol. The molecule has 1 aliphatic heterocycles. The maximum Gasteiger partial charge on any atom is 0.283 e. The number of hydrogen-bond acceptors (Lipinski definition) is 3. The molecule has 0 atom stereocenters. The van der Waals surface area contributed by atoms with Crippen LogP contribution < -0.4 is 14.8 Å². The third-order valence-electron chi connectivity index (χ3n) is 4.63. The molecule has 4 rings (SSSR count). The van der Waals surface area contributed by atoms with Crippen LogP contribution in [0.3, 0.4) is 0 Å². The first-order valence-electron chi connectivity index (χ1n) is 9.04. The predicted octanol–water partition coefficient (Wildman–Crippen LogP) is 5.38. The normalized spacial score (nSPS) is 13.8. The fourth-order valence-electron chi connectivity index (χ4n) is 3.20. The Kier molecular flexibility index (Phi) is 5.48. The van der Waals surface area contributed by atoms with Crippen LogP contribution in [-0.4, -0.2) is 18.9 Å². The largest absolute Gasteiger partial charge is 0.496 e. The maximum atomic E-state index is 13.4. The van der Waals surface area contributed by atoms with Gasteiger partial charge in [-0.15, -0.1) is 0 Å². The number of anilines is 2. The number of rotatable bonds is 4. The number of hydrazine groups is 1. The van der Waals surface area contributed by atoms with Gasteiger partial charge in [0.15, 0.2) is 0 Å². The summed E-state index contributed by atoms with van der Waals surface area (Å²) in [6.45, 7) is 0. The second-order valence-electron chi connectivity index (χ2n) is 6.49. The van der Waals surface area contributed by atoms with Crippen LogP contribution in [0.1, 0.15) is 5.56 Å². The molecule has 1 aliphatic rings. The second-order valence-corrected chi connectivity index (χ2v) is 7.36. The van der Waals surface area contributed by atoms with E-state index in [9.17, 15) is 9.59 Å². The Hall–Kier alpha value is -3.28. The highest BCUT2D eigenvalue weighted by Gasteiger charge is 2.43. The van der Waals surface area contributed by atoms with Crippen molar-refractivity contribution in [2.24, 2.45) is 0 Å². The van der Waals surface area contributed by atoms with Crippen molar-refractivity contribution in [3.63, 3.8) is 0 Å². The first kappa shape index (κ1) is 20.0. The summed E-state index contributed by atoms with van der Waals surface area (Å²) in [5, 5.41) is 3.70. The Balaban J connectivity index is 1.85. The average molecular weight is 439 g/mol. The molecule has 3 aromatic carbocycles. The van der Waals surface area contributed by atoms with Gasteiger partial charge in [-0.1, -0.05) is 41.4 Å². The van der Waals surface area contributed by atoms with Gasteiger partial charge in [0.05, 0.1) is 18.5 Å². The van der Waals surface area contributed by atoms with Gasteiger partial charge in [0, 0.05) is 15.6 Å². The molecule has 2 amide bonds. The number of benzene rings is 3. The summed E-state index contributed by atoms with van der Waals surface area (Å²) in [7, 11) is 1.54. The number of amides is 2. The SMILES string of the molecule is COc1ccccc1C=C1C(=O)N(c2ccc(Cl)cc2)N(c2ccc(Cl)cc2)C1=O. The van der Waals surface area contributed by atoms with Crippen molar-refractivity contribution in [3.8, 4) is 5.75 Å². The Morgan fingerprint density at radius 1 is 0.733 bits per heavy atom. The van der Waals surface area contributed by atoms with Crippen LogP contribution in [0, 0.1) is 0 Å². The van der Waals surface area contributed by atoms with Crippen molar-refractivity contribution in [1.29, 1.82) is 0 Å². The Morgan fingerprint density at radius 2 is 1.20 bits per heavy atom. The highest BCUT2D eigenvalue weighted by molar-refractivity contribution is 6.38. The summed E-state index contributed by atoms with van der Waals surface area (Å²) in [6, 6.07) is 20.6. The lowest BCUT2D eigenvalue weighted by molar-refractivity contribution is -0.116. The summed E-state index contributed by atoms with van der Waals surface area (Å²) in [4.78, 5) is 26.7. The first-order valence-corrected chi connectivity index (χ1v) is 9.80. The molecule has 1 saturated heterocycles. The zero-order chi connectivity index (χ0) is 21.3. The molecule has 30 heavy (non-hydrogen) atoms.